The zero-order valence-electron chi connectivity index (χ0n) is 26.0. The number of carbonyl (C=O) groups is 4. The van der Waals surface area contributed by atoms with Gasteiger partial charge >= 0.3 is 23.9 Å². The van der Waals surface area contributed by atoms with Crippen LogP contribution in [-0.4, -0.2) is 50.3 Å². The van der Waals surface area contributed by atoms with Gasteiger partial charge in [-0.05, 0) is 84.7 Å². The topological polar surface area (TPSA) is 114 Å². The van der Waals surface area contributed by atoms with Crippen molar-refractivity contribution in [2.75, 3.05) is 26.4 Å². The molecule has 4 aromatic rings. The van der Waals surface area contributed by atoms with Gasteiger partial charge in [-0.3, -0.25) is 0 Å². The molecule has 0 N–H and O–H groups in total. The Morgan fingerprint density at radius 3 is 1.28 bits per heavy atom. The predicted octanol–water partition coefficient (Wildman–Crippen LogP) is 6.92. The highest BCUT2D eigenvalue weighted by atomic mass is 16.6. The van der Waals surface area contributed by atoms with Gasteiger partial charge in [0.1, 0.15) is 37.9 Å². The van der Waals surface area contributed by atoms with Crippen LogP contribution in [0.5, 0.6) is 11.5 Å². The number of benzene rings is 4. The van der Waals surface area contributed by atoms with E-state index < -0.39 is 23.9 Å². The molecule has 0 amide bonds. The summed E-state index contributed by atoms with van der Waals surface area (Å²) in [6.07, 6.45) is 5.91. The Morgan fingerprint density at radius 2 is 0.894 bits per heavy atom. The monoisotopic (exact) mass is 634 g/mol. The lowest BCUT2D eigenvalue weighted by Gasteiger charge is -2.12. The number of hydrogen-bond donors (Lipinski definition) is 0. The quantitative estimate of drug-likeness (QED) is 0.0631. The van der Waals surface area contributed by atoms with Crippen molar-refractivity contribution < 1.29 is 42.9 Å². The van der Waals surface area contributed by atoms with E-state index >= 15 is 0 Å². The lowest BCUT2D eigenvalue weighted by molar-refractivity contribution is -0.139. The lowest BCUT2D eigenvalue weighted by Crippen LogP contribution is -2.14. The van der Waals surface area contributed by atoms with Crippen LogP contribution in [0.15, 0.2) is 109 Å². The van der Waals surface area contributed by atoms with Gasteiger partial charge in [-0.2, -0.15) is 0 Å². The second kappa shape index (κ2) is 17.5. The maximum atomic E-state index is 12.6. The van der Waals surface area contributed by atoms with E-state index in [-0.39, 0.29) is 26.4 Å². The van der Waals surface area contributed by atoms with Crippen LogP contribution < -0.4 is 4.74 Å². The van der Waals surface area contributed by atoms with Crippen molar-refractivity contribution in [1.29, 1.82) is 0 Å². The Hall–Kier alpha value is -5.96. The number of hydrogen-bond acceptors (Lipinski definition) is 9. The van der Waals surface area contributed by atoms with Crippen molar-refractivity contribution in [2.45, 2.75) is 13.8 Å². The Balaban J connectivity index is 1.19. The predicted molar refractivity (Wildman–Crippen MR) is 176 cm³/mol. The van der Waals surface area contributed by atoms with Crippen LogP contribution in [0.3, 0.4) is 0 Å². The highest BCUT2D eigenvalue weighted by Crippen LogP contribution is 2.26. The molecular formula is C38H34O9. The van der Waals surface area contributed by atoms with Gasteiger partial charge in [-0.15, -0.1) is 0 Å². The average molecular weight is 635 g/mol. The first-order valence-corrected chi connectivity index (χ1v) is 14.8. The normalized spacial score (nSPS) is 10.9. The van der Waals surface area contributed by atoms with Crippen LogP contribution in [-0.2, 0) is 28.5 Å². The van der Waals surface area contributed by atoms with Gasteiger partial charge in [0.25, 0.3) is 0 Å². The molecule has 0 bridgehead atoms. The fourth-order valence-electron chi connectivity index (χ4n) is 4.26. The minimum atomic E-state index is -0.554. The molecule has 240 valence electrons. The second-order valence-electron chi connectivity index (χ2n) is 10.2. The molecule has 9 nitrogen and oxygen atoms in total. The summed E-state index contributed by atoms with van der Waals surface area (Å²) in [5.41, 5.74) is 3.69. The Morgan fingerprint density at radius 1 is 0.511 bits per heavy atom. The molecule has 0 saturated heterocycles. The molecule has 0 aliphatic heterocycles. The zero-order valence-corrected chi connectivity index (χ0v) is 26.0. The van der Waals surface area contributed by atoms with Gasteiger partial charge in [0.15, 0.2) is 0 Å². The summed E-state index contributed by atoms with van der Waals surface area (Å²) in [5, 5.41) is 0. The average Bonchev–Trinajstić information content (AvgIpc) is 3.07. The smallest absolute Gasteiger partial charge is 0.338 e. The number of esters is 4. The van der Waals surface area contributed by atoms with Gasteiger partial charge in [-0.1, -0.05) is 60.7 Å². The maximum Gasteiger partial charge on any atom is 0.338 e. The van der Waals surface area contributed by atoms with Crippen LogP contribution in [0.2, 0.25) is 0 Å². The maximum absolute atomic E-state index is 12.6. The minimum absolute atomic E-state index is 0.0763. The molecular weight excluding hydrogens is 600 g/mol. The zero-order chi connectivity index (χ0) is 33.4. The molecule has 0 saturated carbocycles. The van der Waals surface area contributed by atoms with Crippen molar-refractivity contribution in [1.82, 2.24) is 0 Å². The third-order valence-corrected chi connectivity index (χ3v) is 6.62. The van der Waals surface area contributed by atoms with Crippen molar-refractivity contribution in [3.63, 3.8) is 0 Å². The first-order valence-electron chi connectivity index (χ1n) is 14.8. The molecule has 0 unspecified atom stereocenters. The van der Waals surface area contributed by atoms with Crippen molar-refractivity contribution >= 4 is 36.0 Å². The molecule has 0 heterocycles. The van der Waals surface area contributed by atoms with Gasteiger partial charge in [-0.25, -0.2) is 19.2 Å². The summed E-state index contributed by atoms with van der Waals surface area (Å²) in [5.74, 6) is -1.21. The van der Waals surface area contributed by atoms with Crippen molar-refractivity contribution in [2.24, 2.45) is 0 Å². The van der Waals surface area contributed by atoms with E-state index in [4.69, 9.17) is 23.7 Å². The largest absolute Gasteiger partial charge is 0.459 e. The molecule has 47 heavy (non-hydrogen) atoms. The van der Waals surface area contributed by atoms with E-state index in [1.54, 1.807) is 62.4 Å². The number of aryl methyl sites for hydroxylation is 2. The van der Waals surface area contributed by atoms with E-state index in [9.17, 15) is 19.2 Å². The Kier molecular flexibility index (Phi) is 12.6. The Bertz CT molecular complexity index is 1610. The van der Waals surface area contributed by atoms with Gasteiger partial charge < -0.3 is 23.7 Å². The molecule has 0 aromatic heterocycles. The lowest BCUT2D eigenvalue weighted by atomic mass is 10.1. The summed E-state index contributed by atoms with van der Waals surface area (Å²) in [4.78, 5) is 48.9. The summed E-state index contributed by atoms with van der Waals surface area (Å²) >= 11 is 0. The molecule has 9 heteroatoms. The summed E-state index contributed by atoms with van der Waals surface area (Å²) in [6.45, 7) is 3.16. The van der Waals surface area contributed by atoms with Crippen LogP contribution >= 0.6 is 0 Å². The summed E-state index contributed by atoms with van der Waals surface area (Å²) in [6, 6.07) is 28.5. The van der Waals surface area contributed by atoms with Crippen LogP contribution in [0, 0.1) is 13.8 Å². The molecule has 0 aliphatic carbocycles. The van der Waals surface area contributed by atoms with E-state index in [1.165, 1.54) is 12.2 Å². The fourth-order valence-corrected chi connectivity index (χ4v) is 4.26. The summed E-state index contributed by atoms with van der Waals surface area (Å²) < 4.78 is 26.6. The van der Waals surface area contributed by atoms with Gasteiger partial charge in [0.2, 0.25) is 0 Å². The summed E-state index contributed by atoms with van der Waals surface area (Å²) in [7, 11) is 0. The molecule has 0 aliphatic rings. The molecule has 0 spiro atoms. The third-order valence-electron chi connectivity index (χ3n) is 6.62. The van der Waals surface area contributed by atoms with E-state index in [1.807, 2.05) is 60.7 Å². The number of ether oxygens (including phenoxy) is 5. The first kappa shape index (κ1) is 33.9. The molecule has 4 rings (SSSR count). The third kappa shape index (κ3) is 11.2. The highest BCUT2D eigenvalue weighted by molar-refractivity contribution is 5.92. The van der Waals surface area contributed by atoms with Crippen molar-refractivity contribution in [3.8, 4) is 11.5 Å². The van der Waals surface area contributed by atoms with Crippen LogP contribution in [0.1, 0.15) is 43.0 Å². The fraction of sp³-hybridized carbons (Fsp3) is 0.158. The van der Waals surface area contributed by atoms with Gasteiger partial charge in [0.05, 0.1) is 11.1 Å². The molecule has 0 radical (unpaired) electrons. The minimum Gasteiger partial charge on any atom is -0.459 e. The standard InChI is InChI=1S/C38H34O9/c1-27-25-31(15-17-33(27)37(41)45-23-21-43-35(39)19-13-29-9-5-3-6-10-29)47-32-16-18-34(28(2)26-32)38(42)46-24-22-44-36(40)20-14-30-11-7-4-8-12-30/h3-20,25-26H,21-24H2,1-2H3. The second-order valence-corrected chi connectivity index (χ2v) is 10.2. The number of rotatable bonds is 14. The highest BCUT2D eigenvalue weighted by Gasteiger charge is 2.14. The number of carbonyl (C=O) groups excluding carboxylic acids is 4. The van der Waals surface area contributed by atoms with Gasteiger partial charge in [0, 0.05) is 12.2 Å². The van der Waals surface area contributed by atoms with E-state index in [0.29, 0.717) is 33.8 Å². The molecule has 0 fully saturated rings. The first-order chi connectivity index (χ1) is 22.8. The van der Waals surface area contributed by atoms with E-state index in [0.717, 1.165) is 11.1 Å². The Labute approximate surface area is 273 Å². The van der Waals surface area contributed by atoms with Crippen LogP contribution in [0.4, 0.5) is 0 Å². The molecule has 4 aromatic carbocycles. The SMILES string of the molecule is Cc1cc(Oc2ccc(C(=O)OCCOC(=O)C=Cc3ccccc3)c(C)c2)ccc1C(=O)OCCOC(=O)C=Cc1ccccc1. The van der Waals surface area contributed by atoms with Crippen LogP contribution in [0.25, 0.3) is 12.2 Å². The van der Waals surface area contributed by atoms with Crippen molar-refractivity contribution in [3.05, 3.63) is 143 Å². The molecule has 0 atom stereocenters. The van der Waals surface area contributed by atoms with E-state index in [2.05, 4.69) is 0 Å².